The van der Waals surface area contributed by atoms with Crippen LogP contribution in [-0.4, -0.2) is 18.3 Å². The van der Waals surface area contributed by atoms with E-state index in [2.05, 4.69) is 42.6 Å². The molecule has 1 aromatic carbocycles. The van der Waals surface area contributed by atoms with Crippen molar-refractivity contribution in [3.8, 4) is 0 Å². The minimum absolute atomic E-state index is 0.450. The first-order valence-electron chi connectivity index (χ1n) is 6.32. The molecule has 96 valence electrons. The molecule has 0 aliphatic heterocycles. The number of likely N-dealkylation sites (N-methyl/N-ethyl adjacent to an activating group) is 1. The maximum Gasteiger partial charge on any atom is 0.105 e. The van der Waals surface area contributed by atoms with Crippen molar-refractivity contribution in [2.45, 2.75) is 24.3 Å². The van der Waals surface area contributed by atoms with Crippen molar-refractivity contribution in [1.29, 1.82) is 0 Å². The summed E-state index contributed by atoms with van der Waals surface area (Å²) in [5.74, 6) is 2.10. The van der Waals surface area contributed by atoms with E-state index in [4.69, 9.17) is 4.42 Å². The zero-order valence-electron chi connectivity index (χ0n) is 10.6. The molecular weight excluding hydrogens is 242 g/mol. The van der Waals surface area contributed by atoms with Gasteiger partial charge in [-0.15, -0.1) is 11.8 Å². The summed E-state index contributed by atoms with van der Waals surface area (Å²) in [6.07, 6.45) is 2.68. The van der Waals surface area contributed by atoms with Gasteiger partial charge in [-0.05, 0) is 30.8 Å². The van der Waals surface area contributed by atoms with E-state index in [1.54, 1.807) is 6.26 Å². The molecular formula is C15H19NOS. The molecule has 1 atom stereocenters. The average molecular weight is 261 g/mol. The van der Waals surface area contributed by atoms with Crippen LogP contribution in [-0.2, 0) is 6.42 Å². The predicted octanol–water partition coefficient (Wildman–Crippen LogP) is 3.59. The van der Waals surface area contributed by atoms with Crippen LogP contribution in [0.2, 0.25) is 0 Å². The van der Waals surface area contributed by atoms with Gasteiger partial charge in [0.2, 0.25) is 0 Å². The Morgan fingerprint density at radius 1 is 1.17 bits per heavy atom. The lowest BCUT2D eigenvalue weighted by molar-refractivity contribution is 0.465. The van der Waals surface area contributed by atoms with E-state index >= 15 is 0 Å². The van der Waals surface area contributed by atoms with Crippen molar-refractivity contribution in [3.05, 3.63) is 54.5 Å². The van der Waals surface area contributed by atoms with Crippen LogP contribution in [0.25, 0.3) is 0 Å². The molecule has 3 heteroatoms. The number of nitrogens with one attached hydrogen (secondary N) is 1. The van der Waals surface area contributed by atoms with Gasteiger partial charge in [-0.25, -0.2) is 0 Å². The molecule has 0 spiro atoms. The van der Waals surface area contributed by atoms with E-state index in [1.165, 1.54) is 4.90 Å². The Morgan fingerprint density at radius 3 is 2.67 bits per heavy atom. The minimum atomic E-state index is 0.450. The molecule has 18 heavy (non-hydrogen) atoms. The molecule has 1 aromatic heterocycles. The van der Waals surface area contributed by atoms with Crippen molar-refractivity contribution in [2.75, 3.05) is 12.3 Å². The molecule has 0 aliphatic rings. The normalized spacial score (nSPS) is 12.5. The van der Waals surface area contributed by atoms with Gasteiger partial charge >= 0.3 is 0 Å². The van der Waals surface area contributed by atoms with E-state index in [0.717, 1.165) is 24.5 Å². The number of hydrogen-bond donors (Lipinski definition) is 1. The second-order valence-electron chi connectivity index (χ2n) is 4.16. The number of furan rings is 1. The summed E-state index contributed by atoms with van der Waals surface area (Å²) in [6, 6.07) is 15.0. The van der Waals surface area contributed by atoms with Crippen LogP contribution in [0.15, 0.2) is 58.0 Å². The second-order valence-corrected chi connectivity index (χ2v) is 5.26. The molecule has 1 unspecified atom stereocenters. The fraction of sp³-hybridized carbons (Fsp3) is 0.333. The quantitative estimate of drug-likeness (QED) is 0.771. The van der Waals surface area contributed by atoms with Gasteiger partial charge in [0.1, 0.15) is 5.76 Å². The first-order valence-corrected chi connectivity index (χ1v) is 7.30. The second kappa shape index (κ2) is 7.29. The summed E-state index contributed by atoms with van der Waals surface area (Å²) in [5, 5.41) is 3.51. The van der Waals surface area contributed by atoms with Crippen LogP contribution in [0.4, 0.5) is 0 Å². The lowest BCUT2D eigenvalue weighted by Crippen LogP contribution is -2.33. The molecule has 0 aliphatic carbocycles. The van der Waals surface area contributed by atoms with E-state index in [1.807, 2.05) is 23.9 Å². The lowest BCUT2D eigenvalue weighted by Gasteiger charge is -2.16. The van der Waals surface area contributed by atoms with E-state index in [-0.39, 0.29) is 0 Å². The van der Waals surface area contributed by atoms with Gasteiger partial charge in [-0.3, -0.25) is 0 Å². The standard InChI is InChI=1S/C15H19NOS/c1-2-16-13(11-14-7-6-10-17-14)12-18-15-8-4-3-5-9-15/h3-10,13,16H,2,11-12H2,1H3. The fourth-order valence-corrected chi connectivity index (χ4v) is 2.84. The molecule has 0 saturated carbocycles. The van der Waals surface area contributed by atoms with Crippen LogP contribution < -0.4 is 5.32 Å². The van der Waals surface area contributed by atoms with Crippen molar-refractivity contribution >= 4 is 11.8 Å². The van der Waals surface area contributed by atoms with Crippen molar-refractivity contribution in [3.63, 3.8) is 0 Å². The number of hydrogen-bond acceptors (Lipinski definition) is 3. The predicted molar refractivity (Wildman–Crippen MR) is 77.0 cm³/mol. The SMILES string of the molecule is CCNC(CSc1ccccc1)Cc1ccco1. The zero-order chi connectivity index (χ0) is 12.6. The van der Waals surface area contributed by atoms with Crippen LogP contribution in [0.3, 0.4) is 0 Å². The maximum absolute atomic E-state index is 5.41. The summed E-state index contributed by atoms with van der Waals surface area (Å²) >= 11 is 1.89. The Bertz CT molecular complexity index is 427. The highest BCUT2D eigenvalue weighted by atomic mass is 32.2. The molecule has 0 bridgehead atoms. The molecule has 2 nitrogen and oxygen atoms in total. The van der Waals surface area contributed by atoms with Gasteiger partial charge in [0.05, 0.1) is 6.26 Å². The van der Waals surface area contributed by atoms with E-state index in [0.29, 0.717) is 6.04 Å². The van der Waals surface area contributed by atoms with Crippen LogP contribution in [0, 0.1) is 0 Å². The first kappa shape index (κ1) is 13.2. The third-order valence-electron chi connectivity index (χ3n) is 2.71. The Balaban J connectivity index is 1.86. The topological polar surface area (TPSA) is 25.2 Å². The molecule has 0 saturated heterocycles. The first-order chi connectivity index (χ1) is 8.88. The summed E-state index contributed by atoms with van der Waals surface area (Å²) in [5.41, 5.74) is 0. The Labute approximate surface area is 113 Å². The van der Waals surface area contributed by atoms with Crippen molar-refractivity contribution in [1.82, 2.24) is 5.32 Å². The number of thioether (sulfide) groups is 1. The van der Waals surface area contributed by atoms with Crippen LogP contribution >= 0.6 is 11.8 Å². The third kappa shape index (κ3) is 4.24. The average Bonchev–Trinajstić information content (AvgIpc) is 2.90. The maximum atomic E-state index is 5.41. The number of benzene rings is 1. The summed E-state index contributed by atoms with van der Waals surface area (Å²) in [4.78, 5) is 1.32. The molecule has 2 aromatic rings. The largest absolute Gasteiger partial charge is 0.469 e. The summed E-state index contributed by atoms with van der Waals surface area (Å²) in [6.45, 7) is 3.13. The zero-order valence-corrected chi connectivity index (χ0v) is 11.5. The molecule has 1 N–H and O–H groups in total. The van der Waals surface area contributed by atoms with Crippen molar-refractivity contribution < 1.29 is 4.42 Å². The van der Waals surface area contributed by atoms with Gasteiger partial charge < -0.3 is 9.73 Å². The highest BCUT2D eigenvalue weighted by molar-refractivity contribution is 7.99. The summed E-state index contributed by atoms with van der Waals surface area (Å²) < 4.78 is 5.41. The summed E-state index contributed by atoms with van der Waals surface area (Å²) in [7, 11) is 0. The van der Waals surface area contributed by atoms with E-state index < -0.39 is 0 Å². The number of rotatable bonds is 7. The highest BCUT2D eigenvalue weighted by Gasteiger charge is 2.10. The fourth-order valence-electron chi connectivity index (χ4n) is 1.86. The highest BCUT2D eigenvalue weighted by Crippen LogP contribution is 2.19. The smallest absolute Gasteiger partial charge is 0.105 e. The molecule has 0 amide bonds. The van der Waals surface area contributed by atoms with E-state index in [9.17, 15) is 0 Å². The van der Waals surface area contributed by atoms with Gasteiger partial charge in [-0.1, -0.05) is 25.1 Å². The molecule has 2 rings (SSSR count). The minimum Gasteiger partial charge on any atom is -0.469 e. The third-order valence-corrected chi connectivity index (χ3v) is 3.89. The van der Waals surface area contributed by atoms with Gasteiger partial charge in [-0.2, -0.15) is 0 Å². The Kier molecular flexibility index (Phi) is 5.36. The molecule has 1 heterocycles. The van der Waals surface area contributed by atoms with Crippen LogP contribution in [0.1, 0.15) is 12.7 Å². The lowest BCUT2D eigenvalue weighted by atomic mass is 10.2. The van der Waals surface area contributed by atoms with Crippen molar-refractivity contribution in [2.24, 2.45) is 0 Å². The Morgan fingerprint density at radius 2 is 2.00 bits per heavy atom. The van der Waals surface area contributed by atoms with Gasteiger partial charge in [0.15, 0.2) is 0 Å². The molecule has 0 radical (unpaired) electrons. The van der Waals surface area contributed by atoms with Crippen LogP contribution in [0.5, 0.6) is 0 Å². The monoisotopic (exact) mass is 261 g/mol. The van der Waals surface area contributed by atoms with Gasteiger partial charge in [0.25, 0.3) is 0 Å². The molecule has 0 fully saturated rings. The van der Waals surface area contributed by atoms with Gasteiger partial charge in [0, 0.05) is 23.1 Å². The Hall–Kier alpha value is -1.19.